The van der Waals surface area contributed by atoms with Gasteiger partial charge in [0, 0.05) is 50.2 Å². The molecule has 6 heteroatoms. The lowest BCUT2D eigenvalue weighted by molar-refractivity contribution is 0.0618. The van der Waals surface area contributed by atoms with E-state index in [9.17, 15) is 4.79 Å². The second-order valence-corrected chi connectivity index (χ2v) is 7.99. The number of para-hydroxylation sites is 1. The van der Waals surface area contributed by atoms with Crippen molar-refractivity contribution in [3.05, 3.63) is 59.3 Å². The Morgan fingerprint density at radius 2 is 1.77 bits per heavy atom. The minimum atomic E-state index is 0.147. The van der Waals surface area contributed by atoms with Gasteiger partial charge in [-0.1, -0.05) is 24.3 Å². The van der Waals surface area contributed by atoms with E-state index in [0.29, 0.717) is 6.79 Å². The lowest BCUT2D eigenvalue weighted by atomic mass is 10.1. The van der Waals surface area contributed by atoms with Crippen LogP contribution in [0.15, 0.2) is 42.5 Å². The Balaban J connectivity index is 1.28. The van der Waals surface area contributed by atoms with Gasteiger partial charge in [0.25, 0.3) is 5.91 Å². The topological polar surface area (TPSA) is 46.9 Å². The third-order valence-electron chi connectivity index (χ3n) is 6.25. The summed E-state index contributed by atoms with van der Waals surface area (Å²) in [6.45, 7) is 9.34. The molecule has 2 aliphatic rings. The Morgan fingerprint density at radius 3 is 2.57 bits per heavy atom. The molecule has 1 amide bonds. The predicted octanol–water partition coefficient (Wildman–Crippen LogP) is 3.66. The highest BCUT2D eigenvalue weighted by Gasteiger charge is 2.27. The van der Waals surface area contributed by atoms with Crippen molar-refractivity contribution < 1.29 is 14.3 Å². The molecular weight excluding hydrogens is 378 g/mol. The zero-order chi connectivity index (χ0) is 20.7. The Bertz CT molecular complexity index is 1100. The number of rotatable bonds is 4. The summed E-state index contributed by atoms with van der Waals surface area (Å²) in [5.74, 6) is 1.79. The first kappa shape index (κ1) is 19.0. The lowest BCUT2D eigenvalue weighted by Gasteiger charge is -2.35. The fraction of sp³-hybridized carbons (Fsp3) is 0.375. The standard InChI is InChI=1S/C24H27N3O3/c1-3-27-20-7-5-4-6-19(20)17(2)23(27)24(28)26-12-10-25(11-13-26)15-18-8-9-21-22(14-18)30-16-29-21/h4-9,14H,3,10-13,15-16H2,1-2H3. The molecule has 5 rings (SSSR count). The monoisotopic (exact) mass is 405 g/mol. The number of carbonyl (C=O) groups is 1. The summed E-state index contributed by atoms with van der Waals surface area (Å²) in [6.07, 6.45) is 0. The molecule has 0 spiro atoms. The minimum Gasteiger partial charge on any atom is -0.454 e. The van der Waals surface area contributed by atoms with Gasteiger partial charge in [-0.05, 0) is 43.2 Å². The molecule has 0 bridgehead atoms. The molecule has 1 aromatic heterocycles. The van der Waals surface area contributed by atoms with E-state index in [4.69, 9.17) is 9.47 Å². The zero-order valence-corrected chi connectivity index (χ0v) is 17.6. The number of hydrogen-bond donors (Lipinski definition) is 0. The second-order valence-electron chi connectivity index (χ2n) is 7.99. The molecule has 2 aromatic carbocycles. The average Bonchev–Trinajstić information content (AvgIpc) is 3.36. The van der Waals surface area contributed by atoms with E-state index in [1.54, 1.807) is 0 Å². The van der Waals surface area contributed by atoms with Crippen LogP contribution in [0.2, 0.25) is 0 Å². The van der Waals surface area contributed by atoms with Crippen molar-refractivity contribution in [3.63, 3.8) is 0 Å². The molecule has 1 saturated heterocycles. The number of carbonyl (C=O) groups excluding carboxylic acids is 1. The van der Waals surface area contributed by atoms with E-state index in [1.165, 1.54) is 10.9 Å². The summed E-state index contributed by atoms with van der Waals surface area (Å²) in [4.78, 5) is 17.8. The van der Waals surface area contributed by atoms with Crippen LogP contribution in [0.5, 0.6) is 11.5 Å². The van der Waals surface area contributed by atoms with E-state index in [1.807, 2.05) is 23.1 Å². The lowest BCUT2D eigenvalue weighted by Crippen LogP contribution is -2.48. The highest BCUT2D eigenvalue weighted by molar-refractivity contribution is 6.01. The molecule has 0 N–H and O–H groups in total. The molecule has 0 aliphatic carbocycles. The van der Waals surface area contributed by atoms with Gasteiger partial charge in [-0.15, -0.1) is 0 Å². The molecule has 2 aliphatic heterocycles. The van der Waals surface area contributed by atoms with E-state index in [2.05, 4.69) is 47.6 Å². The number of amides is 1. The zero-order valence-electron chi connectivity index (χ0n) is 17.6. The van der Waals surface area contributed by atoms with Crippen molar-refractivity contribution in [2.24, 2.45) is 0 Å². The Labute approximate surface area is 176 Å². The van der Waals surface area contributed by atoms with Crippen LogP contribution >= 0.6 is 0 Å². The van der Waals surface area contributed by atoms with Crippen molar-refractivity contribution in [1.82, 2.24) is 14.4 Å². The van der Waals surface area contributed by atoms with E-state index >= 15 is 0 Å². The van der Waals surface area contributed by atoms with E-state index < -0.39 is 0 Å². The fourth-order valence-corrected chi connectivity index (χ4v) is 4.64. The SMILES string of the molecule is CCn1c(C(=O)N2CCN(Cc3ccc4c(c3)OCO4)CC2)c(C)c2ccccc21. The van der Waals surface area contributed by atoms with Crippen molar-refractivity contribution >= 4 is 16.8 Å². The highest BCUT2D eigenvalue weighted by Crippen LogP contribution is 2.33. The Hall–Kier alpha value is -2.99. The number of aromatic nitrogens is 1. The second kappa shape index (κ2) is 7.69. The summed E-state index contributed by atoms with van der Waals surface area (Å²) >= 11 is 0. The maximum Gasteiger partial charge on any atom is 0.270 e. The molecule has 0 atom stereocenters. The smallest absolute Gasteiger partial charge is 0.270 e. The molecule has 0 radical (unpaired) electrons. The third-order valence-corrected chi connectivity index (χ3v) is 6.25. The molecule has 0 saturated carbocycles. The number of ether oxygens (including phenoxy) is 2. The predicted molar refractivity (Wildman–Crippen MR) is 116 cm³/mol. The van der Waals surface area contributed by atoms with Gasteiger partial charge in [0.1, 0.15) is 5.69 Å². The number of fused-ring (bicyclic) bond motifs is 2. The number of piperazine rings is 1. The Morgan fingerprint density at radius 1 is 1.00 bits per heavy atom. The van der Waals surface area contributed by atoms with Gasteiger partial charge >= 0.3 is 0 Å². The number of benzene rings is 2. The van der Waals surface area contributed by atoms with Crippen molar-refractivity contribution in [3.8, 4) is 11.5 Å². The average molecular weight is 405 g/mol. The minimum absolute atomic E-state index is 0.147. The quantitative estimate of drug-likeness (QED) is 0.665. The molecule has 1 fully saturated rings. The van der Waals surface area contributed by atoms with E-state index in [-0.39, 0.29) is 5.91 Å². The number of nitrogens with zero attached hydrogens (tertiary/aromatic N) is 3. The van der Waals surface area contributed by atoms with Crippen LogP contribution in [-0.4, -0.2) is 53.2 Å². The van der Waals surface area contributed by atoms with Crippen molar-refractivity contribution in [1.29, 1.82) is 0 Å². The molecule has 0 unspecified atom stereocenters. The fourth-order valence-electron chi connectivity index (χ4n) is 4.64. The first-order chi connectivity index (χ1) is 14.7. The number of aryl methyl sites for hydroxylation is 2. The van der Waals surface area contributed by atoms with Crippen LogP contribution in [-0.2, 0) is 13.1 Å². The maximum atomic E-state index is 13.4. The van der Waals surface area contributed by atoms with Crippen LogP contribution < -0.4 is 9.47 Å². The van der Waals surface area contributed by atoms with Gasteiger partial charge in [-0.3, -0.25) is 9.69 Å². The summed E-state index contributed by atoms with van der Waals surface area (Å²) in [5, 5.41) is 1.17. The first-order valence-corrected chi connectivity index (χ1v) is 10.6. The van der Waals surface area contributed by atoms with Crippen molar-refractivity contribution in [2.75, 3.05) is 33.0 Å². The number of hydrogen-bond acceptors (Lipinski definition) is 4. The molecule has 30 heavy (non-hydrogen) atoms. The van der Waals surface area contributed by atoms with E-state index in [0.717, 1.165) is 67.5 Å². The molecule has 6 nitrogen and oxygen atoms in total. The van der Waals surface area contributed by atoms with Gasteiger partial charge in [0.2, 0.25) is 6.79 Å². The van der Waals surface area contributed by atoms with Crippen LogP contribution in [0, 0.1) is 6.92 Å². The van der Waals surface area contributed by atoms with Crippen LogP contribution in [0.4, 0.5) is 0 Å². The third kappa shape index (κ3) is 3.21. The van der Waals surface area contributed by atoms with Crippen molar-refractivity contribution in [2.45, 2.75) is 26.9 Å². The van der Waals surface area contributed by atoms with Gasteiger partial charge in [0.15, 0.2) is 11.5 Å². The molecule has 3 aromatic rings. The maximum absolute atomic E-state index is 13.4. The van der Waals surface area contributed by atoms with Crippen LogP contribution in [0.3, 0.4) is 0 Å². The molecular formula is C24H27N3O3. The summed E-state index contributed by atoms with van der Waals surface area (Å²) in [5.41, 5.74) is 4.27. The highest BCUT2D eigenvalue weighted by atomic mass is 16.7. The summed E-state index contributed by atoms with van der Waals surface area (Å²) < 4.78 is 13.0. The summed E-state index contributed by atoms with van der Waals surface area (Å²) in [7, 11) is 0. The van der Waals surface area contributed by atoms with Gasteiger partial charge in [-0.25, -0.2) is 0 Å². The molecule has 3 heterocycles. The summed E-state index contributed by atoms with van der Waals surface area (Å²) in [6, 6.07) is 14.4. The van der Waals surface area contributed by atoms with Gasteiger partial charge in [-0.2, -0.15) is 0 Å². The Kier molecular flexibility index (Phi) is 4.87. The normalized spacial score (nSPS) is 16.4. The molecule has 156 valence electrons. The largest absolute Gasteiger partial charge is 0.454 e. The van der Waals surface area contributed by atoms with Gasteiger partial charge in [0.05, 0.1) is 0 Å². The van der Waals surface area contributed by atoms with Crippen LogP contribution in [0.1, 0.15) is 28.5 Å². The van der Waals surface area contributed by atoms with Gasteiger partial charge < -0.3 is 18.9 Å². The first-order valence-electron chi connectivity index (χ1n) is 10.6. The van der Waals surface area contributed by atoms with Crippen LogP contribution in [0.25, 0.3) is 10.9 Å².